The lowest BCUT2D eigenvalue weighted by molar-refractivity contribution is -0.136. The smallest absolute Gasteiger partial charge is 0.317 e. The van der Waals surface area contributed by atoms with Gasteiger partial charge in [-0.2, -0.15) is 11.1 Å². The topological polar surface area (TPSA) is 111 Å². The molecule has 0 aromatic heterocycles. The SMILES string of the molecule is NNNNCNCC(=O)O. The van der Waals surface area contributed by atoms with Gasteiger partial charge in [-0.15, -0.1) is 0 Å². The van der Waals surface area contributed by atoms with Crippen LogP contribution in [0, 0.1) is 0 Å². The maximum Gasteiger partial charge on any atom is 0.317 e. The molecule has 7 N–H and O–H groups in total. The fourth-order valence-corrected chi connectivity index (χ4v) is 0.327. The molecule has 0 aliphatic heterocycles. The number of hydrogen-bond donors (Lipinski definition) is 6. The Hall–Kier alpha value is -0.730. The van der Waals surface area contributed by atoms with Gasteiger partial charge in [0.1, 0.15) is 0 Å². The van der Waals surface area contributed by atoms with Crippen LogP contribution in [0.5, 0.6) is 0 Å². The number of aliphatic carboxylic acids is 1. The average molecular weight is 149 g/mol. The first-order valence-electron chi connectivity index (χ1n) is 2.63. The van der Waals surface area contributed by atoms with Gasteiger partial charge in [0.05, 0.1) is 13.2 Å². The van der Waals surface area contributed by atoms with E-state index in [0.29, 0.717) is 6.67 Å². The molecule has 0 aromatic rings. The van der Waals surface area contributed by atoms with Gasteiger partial charge >= 0.3 is 5.97 Å². The monoisotopic (exact) mass is 149 g/mol. The first kappa shape index (κ1) is 9.27. The number of rotatable bonds is 6. The van der Waals surface area contributed by atoms with Crippen LogP contribution in [0.4, 0.5) is 0 Å². The molecule has 0 saturated carbocycles. The molecule has 0 heterocycles. The molecule has 0 spiro atoms. The quantitative estimate of drug-likeness (QED) is 0.104. The van der Waals surface area contributed by atoms with Crippen molar-refractivity contribution in [2.75, 3.05) is 13.2 Å². The highest BCUT2D eigenvalue weighted by atomic mass is 16.4. The standard InChI is InChI=1S/C3H11N5O2/c4-7-8-6-2-5-1-3(9)10/h5-8H,1-2,4H2,(H,9,10). The van der Waals surface area contributed by atoms with E-state index in [-0.39, 0.29) is 6.54 Å². The zero-order valence-corrected chi connectivity index (χ0v) is 5.35. The zero-order valence-electron chi connectivity index (χ0n) is 5.35. The molecule has 10 heavy (non-hydrogen) atoms. The third-order valence-corrected chi connectivity index (χ3v) is 0.650. The number of carboxylic acids is 1. The fraction of sp³-hybridized carbons (Fsp3) is 0.667. The summed E-state index contributed by atoms with van der Waals surface area (Å²) in [6.07, 6.45) is 0. The van der Waals surface area contributed by atoms with Crippen LogP contribution in [0.25, 0.3) is 0 Å². The highest BCUT2D eigenvalue weighted by Gasteiger charge is 1.91. The summed E-state index contributed by atoms with van der Waals surface area (Å²) in [7, 11) is 0. The maximum atomic E-state index is 9.88. The molecule has 0 amide bonds. The minimum atomic E-state index is -0.900. The highest BCUT2D eigenvalue weighted by molar-refractivity contribution is 5.68. The second-order valence-corrected chi connectivity index (χ2v) is 1.44. The Bertz CT molecular complexity index is 96.9. The number of carboxylic acid groups (broad SMARTS) is 1. The number of carbonyl (C=O) groups is 1. The van der Waals surface area contributed by atoms with Gasteiger partial charge in [-0.1, -0.05) is 0 Å². The van der Waals surface area contributed by atoms with Crippen LogP contribution >= 0.6 is 0 Å². The van der Waals surface area contributed by atoms with Gasteiger partial charge in [0.25, 0.3) is 0 Å². The van der Waals surface area contributed by atoms with E-state index in [2.05, 4.69) is 21.8 Å². The average Bonchev–Trinajstić information content (AvgIpc) is 1.87. The Morgan fingerprint density at radius 2 is 2.30 bits per heavy atom. The molecule has 0 saturated heterocycles. The van der Waals surface area contributed by atoms with Crippen molar-refractivity contribution in [1.82, 2.24) is 21.8 Å². The lowest BCUT2D eigenvalue weighted by Crippen LogP contribution is -2.50. The lowest BCUT2D eigenvalue weighted by Gasteiger charge is -2.03. The molecular weight excluding hydrogens is 138 g/mol. The van der Waals surface area contributed by atoms with Crippen LogP contribution in [0.2, 0.25) is 0 Å². The van der Waals surface area contributed by atoms with Crippen molar-refractivity contribution in [2.24, 2.45) is 5.84 Å². The second-order valence-electron chi connectivity index (χ2n) is 1.44. The molecule has 60 valence electrons. The van der Waals surface area contributed by atoms with E-state index in [1.165, 1.54) is 0 Å². The van der Waals surface area contributed by atoms with Crippen molar-refractivity contribution in [3.05, 3.63) is 0 Å². The first-order chi connectivity index (χ1) is 4.77. The largest absolute Gasteiger partial charge is 0.480 e. The van der Waals surface area contributed by atoms with E-state index >= 15 is 0 Å². The molecular formula is C3H11N5O2. The second kappa shape index (κ2) is 6.39. The molecule has 0 aromatic carbocycles. The number of nitrogens with two attached hydrogens (primary N) is 1. The third kappa shape index (κ3) is 7.27. The number of hydrogen-bond acceptors (Lipinski definition) is 6. The van der Waals surface area contributed by atoms with Gasteiger partial charge in [-0.3, -0.25) is 16.0 Å². The molecule has 0 rings (SSSR count). The van der Waals surface area contributed by atoms with Crippen LogP contribution in [0.15, 0.2) is 0 Å². The summed E-state index contributed by atoms with van der Waals surface area (Å²) in [6.45, 7) is 0.232. The Labute approximate surface area is 57.9 Å². The van der Waals surface area contributed by atoms with Gasteiger partial charge in [0.2, 0.25) is 0 Å². The summed E-state index contributed by atoms with van der Waals surface area (Å²) in [5.74, 6) is 3.90. The molecule has 0 fully saturated rings. The summed E-state index contributed by atoms with van der Waals surface area (Å²) < 4.78 is 0. The highest BCUT2D eigenvalue weighted by Crippen LogP contribution is 1.55. The van der Waals surface area contributed by atoms with E-state index in [1.807, 2.05) is 0 Å². The minimum Gasteiger partial charge on any atom is -0.480 e. The van der Waals surface area contributed by atoms with E-state index < -0.39 is 5.97 Å². The summed E-state index contributed by atoms with van der Waals surface area (Å²) >= 11 is 0. The molecule has 0 aliphatic carbocycles. The molecule has 0 radical (unpaired) electrons. The normalized spacial score (nSPS) is 9.70. The first-order valence-corrected chi connectivity index (χ1v) is 2.63. The van der Waals surface area contributed by atoms with Crippen molar-refractivity contribution in [1.29, 1.82) is 0 Å². The van der Waals surface area contributed by atoms with Crippen LogP contribution < -0.4 is 27.7 Å². The molecule has 0 atom stereocenters. The van der Waals surface area contributed by atoms with Gasteiger partial charge in [-0.05, 0) is 0 Å². The van der Waals surface area contributed by atoms with E-state index in [9.17, 15) is 4.79 Å². The van der Waals surface area contributed by atoms with Crippen molar-refractivity contribution < 1.29 is 9.90 Å². The van der Waals surface area contributed by atoms with Crippen LogP contribution in [0.3, 0.4) is 0 Å². The summed E-state index contributed by atoms with van der Waals surface area (Å²) in [5.41, 5.74) is 6.98. The lowest BCUT2D eigenvalue weighted by atomic mass is 10.7. The maximum absolute atomic E-state index is 9.88. The van der Waals surface area contributed by atoms with Crippen molar-refractivity contribution in [3.63, 3.8) is 0 Å². The van der Waals surface area contributed by atoms with Gasteiger partial charge in [0, 0.05) is 0 Å². The molecule has 0 bridgehead atoms. The van der Waals surface area contributed by atoms with Crippen molar-refractivity contribution >= 4 is 5.97 Å². The molecule has 0 unspecified atom stereocenters. The Balaban J connectivity index is 2.84. The predicted octanol–water partition coefficient (Wildman–Crippen LogP) is -2.91. The van der Waals surface area contributed by atoms with E-state index in [4.69, 9.17) is 10.9 Å². The van der Waals surface area contributed by atoms with Crippen molar-refractivity contribution in [2.45, 2.75) is 0 Å². The number of nitrogens with one attached hydrogen (secondary N) is 4. The van der Waals surface area contributed by atoms with E-state index in [0.717, 1.165) is 0 Å². The Morgan fingerprint density at radius 3 is 2.80 bits per heavy atom. The molecule has 0 aliphatic rings. The third-order valence-electron chi connectivity index (χ3n) is 0.650. The van der Waals surface area contributed by atoms with Gasteiger partial charge in [-0.25, -0.2) is 5.43 Å². The predicted molar refractivity (Wildman–Crippen MR) is 34.1 cm³/mol. The Kier molecular flexibility index (Phi) is 5.92. The molecule has 7 heteroatoms. The van der Waals surface area contributed by atoms with Crippen LogP contribution in [-0.2, 0) is 4.79 Å². The molecule has 7 nitrogen and oxygen atoms in total. The zero-order chi connectivity index (χ0) is 7.82. The number of hydrazine groups is 3. The van der Waals surface area contributed by atoms with Gasteiger partial charge in [0.15, 0.2) is 0 Å². The summed E-state index contributed by atoms with van der Waals surface area (Å²) in [6, 6.07) is 0. The summed E-state index contributed by atoms with van der Waals surface area (Å²) in [4.78, 5) is 9.88. The minimum absolute atomic E-state index is 0.0841. The Morgan fingerprint density at radius 1 is 1.60 bits per heavy atom. The van der Waals surface area contributed by atoms with Crippen LogP contribution in [0.1, 0.15) is 0 Å². The van der Waals surface area contributed by atoms with Gasteiger partial charge < -0.3 is 5.11 Å². The van der Waals surface area contributed by atoms with Crippen LogP contribution in [-0.4, -0.2) is 24.3 Å². The fourth-order valence-electron chi connectivity index (χ4n) is 0.327. The summed E-state index contributed by atoms with van der Waals surface area (Å²) in [5, 5.41) is 10.7. The van der Waals surface area contributed by atoms with E-state index in [1.54, 1.807) is 0 Å². The van der Waals surface area contributed by atoms with Crippen molar-refractivity contribution in [3.8, 4) is 0 Å².